The molecule has 2 fully saturated rings. The predicted molar refractivity (Wildman–Crippen MR) is 53.9 cm³/mol. The van der Waals surface area contributed by atoms with Crippen molar-refractivity contribution >= 4 is 11.6 Å². The van der Waals surface area contributed by atoms with Gasteiger partial charge in [0.15, 0.2) is 0 Å². The molecule has 0 aromatic carbocycles. The smallest absolute Gasteiger partial charge is 0.139 e. The van der Waals surface area contributed by atoms with Gasteiger partial charge in [0.25, 0.3) is 0 Å². The minimum atomic E-state index is -0.294. The second-order valence-electron chi connectivity index (χ2n) is 4.96. The Kier molecular flexibility index (Phi) is 2.46. The zero-order chi connectivity index (χ0) is 10.2. The molecule has 78 valence electrons. The van der Waals surface area contributed by atoms with E-state index in [-0.39, 0.29) is 11.3 Å². The molecule has 2 heteroatoms. The molecule has 0 saturated heterocycles. The fraction of sp³-hybridized carbons (Fsp3) is 0.833. The van der Waals surface area contributed by atoms with Crippen LogP contribution in [0.4, 0.5) is 0 Å². The first kappa shape index (κ1) is 9.88. The van der Waals surface area contributed by atoms with Gasteiger partial charge in [-0.25, -0.2) is 0 Å². The van der Waals surface area contributed by atoms with E-state index in [0.29, 0.717) is 24.4 Å². The highest BCUT2D eigenvalue weighted by Gasteiger charge is 2.48. The summed E-state index contributed by atoms with van der Waals surface area (Å²) in [5.74, 6) is 0.728. The van der Waals surface area contributed by atoms with E-state index in [1.807, 2.05) is 6.92 Å². The fourth-order valence-corrected chi connectivity index (χ4v) is 3.05. The van der Waals surface area contributed by atoms with Crippen molar-refractivity contribution in [3.8, 4) is 0 Å². The van der Waals surface area contributed by atoms with Gasteiger partial charge in [0.05, 0.1) is 0 Å². The van der Waals surface area contributed by atoms with Crippen LogP contribution < -0.4 is 0 Å². The van der Waals surface area contributed by atoms with E-state index in [1.54, 1.807) is 0 Å². The standard InChI is InChI=1S/C12H18O2/c1-12-8-4-2-3-5-10(13)9(12)6-7-11(12)14/h9H,2-8H2,1H3/t9-,12-/m1/s1. The Morgan fingerprint density at radius 3 is 2.71 bits per heavy atom. The number of ketones is 2. The van der Waals surface area contributed by atoms with Gasteiger partial charge in [0, 0.05) is 24.2 Å². The topological polar surface area (TPSA) is 34.1 Å². The molecule has 0 spiro atoms. The van der Waals surface area contributed by atoms with Crippen LogP contribution in [0.15, 0.2) is 0 Å². The zero-order valence-corrected chi connectivity index (χ0v) is 8.84. The van der Waals surface area contributed by atoms with Crippen LogP contribution in [0.3, 0.4) is 0 Å². The Morgan fingerprint density at radius 1 is 1.14 bits per heavy atom. The highest BCUT2D eigenvalue weighted by atomic mass is 16.1. The quantitative estimate of drug-likeness (QED) is 0.593. The lowest BCUT2D eigenvalue weighted by molar-refractivity contribution is -0.134. The molecule has 2 rings (SSSR count). The second kappa shape index (κ2) is 3.48. The SMILES string of the molecule is C[C@@]12CCCCCC(=O)[C@H]1CCC2=O. The number of hydrogen-bond donors (Lipinski definition) is 0. The van der Waals surface area contributed by atoms with Crippen molar-refractivity contribution in [1.29, 1.82) is 0 Å². The molecule has 0 amide bonds. The van der Waals surface area contributed by atoms with E-state index in [4.69, 9.17) is 0 Å². The summed E-state index contributed by atoms with van der Waals surface area (Å²) in [6.07, 6.45) is 6.34. The maximum absolute atomic E-state index is 11.8. The van der Waals surface area contributed by atoms with Gasteiger partial charge in [-0.1, -0.05) is 19.8 Å². The third kappa shape index (κ3) is 1.41. The van der Waals surface area contributed by atoms with Crippen molar-refractivity contribution in [2.24, 2.45) is 11.3 Å². The van der Waals surface area contributed by atoms with Gasteiger partial charge in [-0.05, 0) is 19.3 Å². The second-order valence-corrected chi connectivity index (χ2v) is 4.96. The van der Waals surface area contributed by atoms with Gasteiger partial charge in [-0.15, -0.1) is 0 Å². The van der Waals surface area contributed by atoms with Crippen molar-refractivity contribution in [3.05, 3.63) is 0 Å². The van der Waals surface area contributed by atoms with Crippen LogP contribution in [0, 0.1) is 11.3 Å². The van der Waals surface area contributed by atoms with Crippen LogP contribution >= 0.6 is 0 Å². The minimum Gasteiger partial charge on any atom is -0.299 e. The summed E-state index contributed by atoms with van der Waals surface area (Å²) in [6.45, 7) is 2.01. The summed E-state index contributed by atoms with van der Waals surface area (Å²) in [6, 6.07) is 0. The van der Waals surface area contributed by atoms with Gasteiger partial charge in [0.2, 0.25) is 0 Å². The van der Waals surface area contributed by atoms with Crippen molar-refractivity contribution in [2.45, 2.75) is 51.9 Å². The first-order chi connectivity index (χ1) is 6.64. The number of carbonyl (C=O) groups excluding carboxylic acids is 2. The van der Waals surface area contributed by atoms with Crippen LogP contribution in [-0.4, -0.2) is 11.6 Å². The molecule has 2 aliphatic carbocycles. The highest BCUT2D eigenvalue weighted by Crippen LogP contribution is 2.46. The molecule has 0 aliphatic heterocycles. The van der Waals surface area contributed by atoms with Crippen molar-refractivity contribution in [1.82, 2.24) is 0 Å². The molecule has 0 unspecified atom stereocenters. The van der Waals surface area contributed by atoms with Crippen LogP contribution in [-0.2, 0) is 9.59 Å². The molecule has 2 saturated carbocycles. The number of rotatable bonds is 0. The molecular formula is C12H18O2. The largest absolute Gasteiger partial charge is 0.299 e. The predicted octanol–water partition coefficient (Wildman–Crippen LogP) is 2.51. The molecule has 0 N–H and O–H groups in total. The molecule has 0 aromatic rings. The van der Waals surface area contributed by atoms with Crippen LogP contribution in [0.2, 0.25) is 0 Å². The Bertz CT molecular complexity index is 269. The normalized spacial score (nSPS) is 39.1. The lowest BCUT2D eigenvalue weighted by Crippen LogP contribution is -2.34. The van der Waals surface area contributed by atoms with Gasteiger partial charge in [0.1, 0.15) is 11.6 Å². The van der Waals surface area contributed by atoms with E-state index >= 15 is 0 Å². The highest BCUT2D eigenvalue weighted by molar-refractivity contribution is 5.95. The minimum absolute atomic E-state index is 0.0512. The Labute approximate surface area is 85.1 Å². The summed E-state index contributed by atoms with van der Waals surface area (Å²) in [5, 5.41) is 0. The Hall–Kier alpha value is -0.660. The van der Waals surface area contributed by atoms with E-state index in [9.17, 15) is 9.59 Å². The van der Waals surface area contributed by atoms with E-state index in [1.165, 1.54) is 0 Å². The summed E-state index contributed by atoms with van der Waals surface area (Å²) in [4.78, 5) is 23.6. The molecule has 0 bridgehead atoms. The maximum atomic E-state index is 11.8. The molecule has 2 nitrogen and oxygen atoms in total. The third-order valence-corrected chi connectivity index (χ3v) is 4.07. The maximum Gasteiger partial charge on any atom is 0.139 e. The Morgan fingerprint density at radius 2 is 1.93 bits per heavy atom. The van der Waals surface area contributed by atoms with Gasteiger partial charge in [-0.2, -0.15) is 0 Å². The van der Waals surface area contributed by atoms with Crippen molar-refractivity contribution in [3.63, 3.8) is 0 Å². The average Bonchev–Trinajstić information content (AvgIpc) is 2.41. The van der Waals surface area contributed by atoms with Gasteiger partial charge < -0.3 is 0 Å². The number of fused-ring (bicyclic) bond motifs is 1. The molecule has 14 heavy (non-hydrogen) atoms. The monoisotopic (exact) mass is 194 g/mol. The lowest BCUT2D eigenvalue weighted by atomic mass is 9.71. The van der Waals surface area contributed by atoms with E-state index in [2.05, 4.69) is 0 Å². The van der Waals surface area contributed by atoms with Crippen molar-refractivity contribution < 1.29 is 9.59 Å². The zero-order valence-electron chi connectivity index (χ0n) is 8.84. The summed E-state index contributed by atoms with van der Waals surface area (Å²) >= 11 is 0. The molecule has 2 atom stereocenters. The third-order valence-electron chi connectivity index (χ3n) is 4.07. The van der Waals surface area contributed by atoms with Crippen LogP contribution in [0.1, 0.15) is 51.9 Å². The molecular weight excluding hydrogens is 176 g/mol. The Balaban J connectivity index is 2.25. The first-order valence-electron chi connectivity index (χ1n) is 5.70. The number of hydrogen-bond acceptors (Lipinski definition) is 2. The van der Waals surface area contributed by atoms with E-state index < -0.39 is 0 Å². The summed E-state index contributed by atoms with van der Waals surface area (Å²) < 4.78 is 0. The van der Waals surface area contributed by atoms with Crippen LogP contribution in [0.5, 0.6) is 0 Å². The first-order valence-corrected chi connectivity index (χ1v) is 5.70. The molecule has 2 aliphatic rings. The lowest BCUT2D eigenvalue weighted by Gasteiger charge is -2.30. The average molecular weight is 194 g/mol. The number of carbonyl (C=O) groups is 2. The molecule has 0 heterocycles. The van der Waals surface area contributed by atoms with Gasteiger partial charge in [-0.3, -0.25) is 9.59 Å². The summed E-state index contributed by atoms with van der Waals surface area (Å²) in [7, 11) is 0. The van der Waals surface area contributed by atoms with Crippen LogP contribution in [0.25, 0.3) is 0 Å². The van der Waals surface area contributed by atoms with Gasteiger partial charge >= 0.3 is 0 Å². The summed E-state index contributed by atoms with van der Waals surface area (Å²) in [5.41, 5.74) is -0.294. The van der Waals surface area contributed by atoms with Crippen molar-refractivity contribution in [2.75, 3.05) is 0 Å². The fourth-order valence-electron chi connectivity index (χ4n) is 3.05. The van der Waals surface area contributed by atoms with E-state index in [0.717, 1.165) is 32.1 Å². The molecule has 0 radical (unpaired) electrons. The molecule has 0 aromatic heterocycles. The number of Topliss-reactive ketones (excluding diaryl/α,β-unsaturated/α-hetero) is 2.